The van der Waals surface area contributed by atoms with Crippen molar-refractivity contribution >= 4 is 11.7 Å². The lowest BCUT2D eigenvalue weighted by Crippen LogP contribution is -2.21. The van der Waals surface area contributed by atoms with Gasteiger partial charge in [-0.25, -0.2) is 4.79 Å². The summed E-state index contributed by atoms with van der Waals surface area (Å²) >= 11 is 0. The highest BCUT2D eigenvalue weighted by Crippen LogP contribution is 2.29. The fraction of sp³-hybridized carbons (Fsp3) is 0.188. The van der Waals surface area contributed by atoms with Crippen molar-refractivity contribution in [3.63, 3.8) is 0 Å². The highest BCUT2D eigenvalue weighted by atomic mass is 16.5. The van der Waals surface area contributed by atoms with Gasteiger partial charge in [0, 0.05) is 11.3 Å². The van der Waals surface area contributed by atoms with Crippen LogP contribution in [-0.4, -0.2) is 18.2 Å². The second-order valence-corrected chi connectivity index (χ2v) is 4.47. The molecule has 0 saturated carbocycles. The predicted molar refractivity (Wildman–Crippen MR) is 78.2 cm³/mol. The van der Waals surface area contributed by atoms with Gasteiger partial charge < -0.3 is 15.2 Å². The van der Waals surface area contributed by atoms with Crippen LogP contribution in [0.25, 0.3) is 0 Å². The fourth-order valence-corrected chi connectivity index (χ4v) is 2.07. The first-order valence-electron chi connectivity index (χ1n) is 6.31. The number of carboxylic acids is 1. The van der Waals surface area contributed by atoms with Crippen LogP contribution in [0, 0.1) is 6.92 Å². The van der Waals surface area contributed by atoms with Crippen molar-refractivity contribution in [1.29, 1.82) is 0 Å². The molecule has 1 atom stereocenters. The lowest BCUT2D eigenvalue weighted by molar-refractivity contribution is -0.138. The van der Waals surface area contributed by atoms with Gasteiger partial charge >= 0.3 is 5.97 Å². The summed E-state index contributed by atoms with van der Waals surface area (Å²) in [6.45, 7) is 1.93. The first-order valence-corrected chi connectivity index (χ1v) is 6.31. The Morgan fingerprint density at radius 2 is 1.80 bits per heavy atom. The van der Waals surface area contributed by atoms with Crippen LogP contribution in [0.2, 0.25) is 0 Å². The van der Waals surface area contributed by atoms with E-state index < -0.39 is 12.0 Å². The molecule has 2 aromatic rings. The number of benzene rings is 2. The Hall–Kier alpha value is -2.49. The number of carboxylic acid groups (broad SMARTS) is 1. The van der Waals surface area contributed by atoms with Gasteiger partial charge in [-0.2, -0.15) is 0 Å². The van der Waals surface area contributed by atoms with E-state index in [9.17, 15) is 9.90 Å². The minimum absolute atomic E-state index is 0.556. The number of hydrogen-bond donors (Lipinski definition) is 2. The molecule has 4 heteroatoms. The first kappa shape index (κ1) is 13.9. The van der Waals surface area contributed by atoms with Gasteiger partial charge in [0.05, 0.1) is 7.11 Å². The zero-order chi connectivity index (χ0) is 14.5. The molecule has 1 unspecified atom stereocenters. The average molecular weight is 271 g/mol. The largest absolute Gasteiger partial charge is 0.496 e. The van der Waals surface area contributed by atoms with Crippen LogP contribution in [0.3, 0.4) is 0 Å². The molecule has 0 heterocycles. The van der Waals surface area contributed by atoms with Gasteiger partial charge in [0.1, 0.15) is 5.75 Å². The number of nitrogens with one attached hydrogen (secondary N) is 1. The number of carbonyl (C=O) groups is 1. The second kappa shape index (κ2) is 6.10. The Morgan fingerprint density at radius 3 is 2.45 bits per heavy atom. The average Bonchev–Trinajstić information content (AvgIpc) is 2.46. The molecule has 0 aliphatic rings. The Kier molecular flexibility index (Phi) is 4.25. The number of methoxy groups -OCH3 is 1. The molecular weight excluding hydrogens is 254 g/mol. The number of aryl methyl sites for hydroxylation is 1. The molecule has 0 aromatic heterocycles. The third-order valence-electron chi connectivity index (χ3n) is 3.14. The fourth-order valence-electron chi connectivity index (χ4n) is 2.07. The van der Waals surface area contributed by atoms with E-state index in [0.29, 0.717) is 11.3 Å². The number of anilines is 1. The predicted octanol–water partition coefficient (Wildman–Crippen LogP) is 3.24. The lowest BCUT2D eigenvalue weighted by atomic mass is 10.0. The quantitative estimate of drug-likeness (QED) is 0.876. The van der Waals surface area contributed by atoms with Gasteiger partial charge in [-0.15, -0.1) is 0 Å². The highest BCUT2D eigenvalue weighted by Gasteiger charge is 2.23. The lowest BCUT2D eigenvalue weighted by Gasteiger charge is -2.19. The van der Waals surface area contributed by atoms with Crippen molar-refractivity contribution < 1.29 is 14.6 Å². The molecule has 0 bridgehead atoms. The molecule has 0 spiro atoms. The summed E-state index contributed by atoms with van der Waals surface area (Å²) in [7, 11) is 1.53. The van der Waals surface area contributed by atoms with Gasteiger partial charge in [0.25, 0.3) is 0 Å². The number of hydrogen-bond acceptors (Lipinski definition) is 3. The maximum Gasteiger partial charge on any atom is 0.330 e. The van der Waals surface area contributed by atoms with Crippen molar-refractivity contribution in [2.75, 3.05) is 12.4 Å². The van der Waals surface area contributed by atoms with E-state index >= 15 is 0 Å². The van der Waals surface area contributed by atoms with Crippen molar-refractivity contribution in [2.45, 2.75) is 13.0 Å². The van der Waals surface area contributed by atoms with E-state index in [2.05, 4.69) is 5.32 Å². The van der Waals surface area contributed by atoms with Crippen LogP contribution in [0.4, 0.5) is 5.69 Å². The molecule has 2 aromatic carbocycles. The minimum atomic E-state index is -0.947. The number of para-hydroxylation sites is 2. The van der Waals surface area contributed by atoms with Gasteiger partial charge in [-0.05, 0) is 24.6 Å². The smallest absolute Gasteiger partial charge is 0.330 e. The highest BCUT2D eigenvalue weighted by molar-refractivity contribution is 5.80. The topological polar surface area (TPSA) is 58.6 Å². The van der Waals surface area contributed by atoms with E-state index in [1.807, 2.05) is 37.3 Å². The third kappa shape index (κ3) is 2.91. The van der Waals surface area contributed by atoms with Crippen LogP contribution in [0.1, 0.15) is 17.2 Å². The maximum atomic E-state index is 11.6. The van der Waals surface area contributed by atoms with Gasteiger partial charge in [0.2, 0.25) is 0 Å². The van der Waals surface area contributed by atoms with E-state index in [1.54, 1.807) is 18.2 Å². The van der Waals surface area contributed by atoms with Gasteiger partial charge in [0.15, 0.2) is 6.04 Å². The normalized spacial score (nSPS) is 11.7. The van der Waals surface area contributed by atoms with E-state index in [0.717, 1.165) is 11.3 Å². The molecule has 104 valence electrons. The molecule has 20 heavy (non-hydrogen) atoms. The van der Waals surface area contributed by atoms with E-state index in [-0.39, 0.29) is 0 Å². The summed E-state index contributed by atoms with van der Waals surface area (Å²) in [6.07, 6.45) is 0. The third-order valence-corrected chi connectivity index (χ3v) is 3.14. The Labute approximate surface area is 118 Å². The molecular formula is C16H17NO3. The maximum absolute atomic E-state index is 11.6. The number of rotatable bonds is 5. The van der Waals surface area contributed by atoms with Gasteiger partial charge in [-0.3, -0.25) is 0 Å². The van der Waals surface area contributed by atoms with Crippen molar-refractivity contribution in [3.8, 4) is 5.75 Å². The molecule has 0 aliphatic carbocycles. The summed E-state index contributed by atoms with van der Waals surface area (Å²) in [4.78, 5) is 11.6. The Morgan fingerprint density at radius 1 is 1.15 bits per heavy atom. The van der Waals surface area contributed by atoms with Crippen LogP contribution in [-0.2, 0) is 4.79 Å². The standard InChI is InChI=1S/C16H17NO3/c1-11-7-3-5-9-13(11)17-15(16(18)19)12-8-4-6-10-14(12)20-2/h3-10,15,17H,1-2H3,(H,18,19). The molecule has 0 saturated heterocycles. The van der Waals surface area contributed by atoms with Crippen molar-refractivity contribution in [2.24, 2.45) is 0 Å². The summed E-state index contributed by atoms with van der Waals surface area (Å²) < 4.78 is 5.24. The summed E-state index contributed by atoms with van der Waals surface area (Å²) in [6, 6.07) is 13.9. The Balaban J connectivity index is 2.37. The van der Waals surface area contributed by atoms with Crippen molar-refractivity contribution in [3.05, 3.63) is 59.7 Å². The second-order valence-electron chi connectivity index (χ2n) is 4.47. The number of ether oxygens (including phenoxy) is 1. The molecule has 4 nitrogen and oxygen atoms in total. The Bertz CT molecular complexity index is 610. The van der Waals surface area contributed by atoms with E-state index in [4.69, 9.17) is 4.74 Å². The zero-order valence-corrected chi connectivity index (χ0v) is 11.5. The van der Waals surface area contributed by atoms with Crippen LogP contribution in [0.15, 0.2) is 48.5 Å². The molecule has 0 amide bonds. The first-order chi connectivity index (χ1) is 9.63. The molecule has 2 N–H and O–H groups in total. The van der Waals surface area contributed by atoms with Crippen LogP contribution < -0.4 is 10.1 Å². The van der Waals surface area contributed by atoms with Gasteiger partial charge in [-0.1, -0.05) is 36.4 Å². The van der Waals surface area contributed by atoms with Crippen molar-refractivity contribution in [1.82, 2.24) is 0 Å². The SMILES string of the molecule is COc1ccccc1C(Nc1ccccc1C)C(=O)O. The molecule has 2 rings (SSSR count). The molecule has 0 fully saturated rings. The summed E-state index contributed by atoms with van der Waals surface area (Å²) in [5, 5.41) is 12.5. The monoisotopic (exact) mass is 271 g/mol. The zero-order valence-electron chi connectivity index (χ0n) is 11.5. The van der Waals surface area contributed by atoms with Crippen LogP contribution in [0.5, 0.6) is 5.75 Å². The summed E-state index contributed by atoms with van der Waals surface area (Å²) in [5.74, 6) is -0.390. The van der Waals surface area contributed by atoms with E-state index in [1.165, 1.54) is 7.11 Å². The van der Waals surface area contributed by atoms with Crippen LogP contribution >= 0.6 is 0 Å². The molecule has 0 aliphatic heterocycles. The summed E-state index contributed by atoms with van der Waals surface area (Å²) in [5.41, 5.74) is 2.39. The number of aliphatic carboxylic acids is 1. The molecule has 0 radical (unpaired) electrons. The minimum Gasteiger partial charge on any atom is -0.496 e.